The Morgan fingerprint density at radius 2 is 2.06 bits per heavy atom. The maximum absolute atomic E-state index is 11.4. The van der Waals surface area contributed by atoms with E-state index in [2.05, 4.69) is 40.8 Å². The van der Waals surface area contributed by atoms with Crippen molar-refractivity contribution in [2.75, 3.05) is 6.61 Å². The number of nitriles is 1. The molecule has 4 aromatic rings. The number of carboxylic acid groups (broad SMARTS) is 1. The van der Waals surface area contributed by atoms with Gasteiger partial charge in [0, 0.05) is 31.4 Å². The van der Waals surface area contributed by atoms with Crippen LogP contribution in [0.2, 0.25) is 25.7 Å². The van der Waals surface area contributed by atoms with Crippen LogP contribution in [0.1, 0.15) is 34.2 Å². The van der Waals surface area contributed by atoms with Gasteiger partial charge in [-0.3, -0.25) is 4.68 Å². The van der Waals surface area contributed by atoms with Crippen molar-refractivity contribution in [2.45, 2.75) is 45.1 Å². The SMILES string of the molecule is Cc1nc(-c2cnn(C(CC#N)c3cccc(C(=O)O)c3)c2)c2ccn(OCC[Si](C)(C)C)c2n1. The molecule has 0 saturated heterocycles. The summed E-state index contributed by atoms with van der Waals surface area (Å²) in [5.74, 6) is -0.407. The van der Waals surface area contributed by atoms with Crippen LogP contribution in [0, 0.1) is 18.3 Å². The van der Waals surface area contributed by atoms with Crippen LogP contribution in [0.3, 0.4) is 0 Å². The predicted molar refractivity (Wildman–Crippen MR) is 135 cm³/mol. The van der Waals surface area contributed by atoms with Crippen molar-refractivity contribution in [2.24, 2.45) is 0 Å². The van der Waals surface area contributed by atoms with Crippen LogP contribution in [0.5, 0.6) is 0 Å². The maximum atomic E-state index is 11.4. The number of carboxylic acids is 1. The van der Waals surface area contributed by atoms with Gasteiger partial charge in [0.2, 0.25) is 0 Å². The van der Waals surface area contributed by atoms with Gasteiger partial charge in [-0.1, -0.05) is 31.8 Å². The van der Waals surface area contributed by atoms with E-state index in [1.165, 1.54) is 6.07 Å². The van der Waals surface area contributed by atoms with Gasteiger partial charge >= 0.3 is 5.97 Å². The first-order valence-corrected chi connectivity index (χ1v) is 15.1. The molecule has 10 heteroatoms. The largest absolute Gasteiger partial charge is 0.478 e. The standard InChI is InChI=1S/C25H28N6O3Si/c1-17-28-23(21-9-11-31(24(21)29-17)34-12-13-35(2,3)4)20-15-27-30(16-20)22(8-10-26)18-6-5-7-19(14-18)25(32)33/h5-7,9,11,14-16,22H,8,12-13H2,1-4H3,(H,32,33). The summed E-state index contributed by atoms with van der Waals surface area (Å²) < 4.78 is 3.39. The monoisotopic (exact) mass is 488 g/mol. The first-order chi connectivity index (χ1) is 16.7. The quantitative estimate of drug-likeness (QED) is 0.343. The van der Waals surface area contributed by atoms with E-state index in [0.717, 1.165) is 22.7 Å². The third-order valence-corrected chi connectivity index (χ3v) is 7.41. The second-order valence-corrected chi connectivity index (χ2v) is 15.3. The highest BCUT2D eigenvalue weighted by molar-refractivity contribution is 6.76. The highest BCUT2D eigenvalue weighted by Gasteiger charge is 2.20. The fraction of sp³-hybridized carbons (Fsp3) is 0.320. The molecule has 1 atom stereocenters. The van der Waals surface area contributed by atoms with Crippen LogP contribution in [0.15, 0.2) is 48.9 Å². The van der Waals surface area contributed by atoms with Crippen LogP contribution >= 0.6 is 0 Å². The molecule has 0 bridgehead atoms. The molecule has 0 saturated carbocycles. The van der Waals surface area contributed by atoms with Gasteiger partial charge in [0.1, 0.15) is 12.4 Å². The lowest BCUT2D eigenvalue weighted by atomic mass is 10.0. The molecule has 3 heterocycles. The first-order valence-electron chi connectivity index (χ1n) is 11.4. The Hall–Kier alpha value is -3.97. The highest BCUT2D eigenvalue weighted by Crippen LogP contribution is 2.29. The number of aryl methyl sites for hydroxylation is 1. The molecular weight excluding hydrogens is 460 g/mol. The van der Waals surface area contributed by atoms with Crippen LogP contribution in [-0.4, -0.2) is 50.2 Å². The minimum Gasteiger partial charge on any atom is -0.478 e. The summed E-state index contributed by atoms with van der Waals surface area (Å²) in [5.41, 5.74) is 3.06. The van der Waals surface area contributed by atoms with Gasteiger partial charge in [0.15, 0.2) is 5.65 Å². The average Bonchev–Trinajstić information content (AvgIpc) is 3.44. The van der Waals surface area contributed by atoms with Crippen molar-refractivity contribution < 1.29 is 14.7 Å². The predicted octanol–water partition coefficient (Wildman–Crippen LogP) is 4.57. The lowest BCUT2D eigenvalue weighted by Crippen LogP contribution is -2.25. The second kappa shape index (κ2) is 9.72. The number of carbonyl (C=O) groups is 1. The summed E-state index contributed by atoms with van der Waals surface area (Å²) in [7, 11) is -1.22. The van der Waals surface area contributed by atoms with Gasteiger partial charge in [0.05, 0.1) is 36.0 Å². The molecule has 1 N–H and O–H groups in total. The smallest absolute Gasteiger partial charge is 0.335 e. The summed E-state index contributed by atoms with van der Waals surface area (Å²) in [6.07, 6.45) is 5.53. The normalized spacial score (nSPS) is 12.4. The minimum atomic E-state index is -1.22. The maximum Gasteiger partial charge on any atom is 0.335 e. The molecule has 0 aliphatic rings. The molecule has 9 nitrogen and oxygen atoms in total. The molecule has 0 radical (unpaired) electrons. The van der Waals surface area contributed by atoms with E-state index in [0.29, 0.717) is 23.6 Å². The van der Waals surface area contributed by atoms with Crippen LogP contribution < -0.4 is 4.84 Å². The number of hydrogen-bond donors (Lipinski definition) is 1. The van der Waals surface area contributed by atoms with E-state index in [1.807, 2.05) is 25.4 Å². The van der Waals surface area contributed by atoms with E-state index in [9.17, 15) is 15.2 Å². The first kappa shape index (κ1) is 24.2. The number of nitrogens with zero attached hydrogens (tertiary/aromatic N) is 6. The third-order valence-electron chi connectivity index (χ3n) is 5.70. The van der Waals surface area contributed by atoms with Gasteiger partial charge in [-0.05, 0) is 36.7 Å². The molecular formula is C25H28N6O3Si. The van der Waals surface area contributed by atoms with Crippen LogP contribution in [0.4, 0.5) is 0 Å². The van der Waals surface area contributed by atoms with Crippen molar-refractivity contribution in [1.29, 1.82) is 5.26 Å². The molecule has 4 rings (SSSR count). The van der Waals surface area contributed by atoms with Crippen LogP contribution in [0.25, 0.3) is 22.3 Å². The molecule has 0 spiro atoms. The van der Waals surface area contributed by atoms with Gasteiger partial charge in [-0.15, -0.1) is 0 Å². The number of rotatable bonds is 9. The molecule has 3 aromatic heterocycles. The Bertz CT molecular complexity index is 1410. The molecule has 0 aliphatic carbocycles. The van der Waals surface area contributed by atoms with Crippen LogP contribution in [-0.2, 0) is 0 Å². The Balaban J connectivity index is 1.68. The minimum absolute atomic E-state index is 0.143. The lowest BCUT2D eigenvalue weighted by molar-refractivity contribution is 0.0696. The number of fused-ring (bicyclic) bond motifs is 1. The Kier molecular flexibility index (Phi) is 6.71. The van der Waals surface area contributed by atoms with Gasteiger partial charge in [-0.25, -0.2) is 14.8 Å². The topological polar surface area (TPSA) is 119 Å². The summed E-state index contributed by atoms with van der Waals surface area (Å²) in [4.78, 5) is 26.7. The summed E-state index contributed by atoms with van der Waals surface area (Å²) >= 11 is 0. The van der Waals surface area contributed by atoms with Gasteiger partial charge in [-0.2, -0.15) is 15.1 Å². The molecule has 1 unspecified atom stereocenters. The molecule has 0 fully saturated rings. The number of aromatic carboxylic acids is 1. The molecule has 0 amide bonds. The van der Waals surface area contributed by atoms with E-state index in [-0.39, 0.29) is 12.0 Å². The zero-order valence-corrected chi connectivity index (χ0v) is 21.3. The zero-order valence-electron chi connectivity index (χ0n) is 20.3. The Labute approximate surface area is 204 Å². The van der Waals surface area contributed by atoms with Crippen molar-refractivity contribution in [1.82, 2.24) is 24.5 Å². The van der Waals surface area contributed by atoms with E-state index < -0.39 is 20.1 Å². The summed E-state index contributed by atoms with van der Waals surface area (Å²) in [6, 6.07) is 11.3. The second-order valence-electron chi connectivity index (χ2n) is 9.66. The van der Waals surface area contributed by atoms with E-state index >= 15 is 0 Å². The fourth-order valence-corrected chi connectivity index (χ4v) is 4.54. The van der Waals surface area contributed by atoms with Gasteiger partial charge < -0.3 is 9.94 Å². The molecule has 0 aliphatic heterocycles. The third kappa shape index (κ3) is 5.41. The number of hydrogen-bond acceptors (Lipinski definition) is 6. The lowest BCUT2D eigenvalue weighted by Gasteiger charge is -2.16. The average molecular weight is 489 g/mol. The van der Waals surface area contributed by atoms with Crippen molar-refractivity contribution in [3.63, 3.8) is 0 Å². The van der Waals surface area contributed by atoms with Crippen molar-refractivity contribution >= 4 is 25.1 Å². The summed E-state index contributed by atoms with van der Waals surface area (Å²) in [5, 5.41) is 24.1. The van der Waals surface area contributed by atoms with Gasteiger partial charge in [0.25, 0.3) is 0 Å². The zero-order chi connectivity index (χ0) is 25.2. The fourth-order valence-electron chi connectivity index (χ4n) is 3.84. The highest BCUT2D eigenvalue weighted by atomic mass is 28.3. The van der Waals surface area contributed by atoms with Crippen molar-refractivity contribution in [3.05, 3.63) is 65.9 Å². The number of benzene rings is 1. The molecule has 180 valence electrons. The Morgan fingerprint density at radius 1 is 1.26 bits per heavy atom. The Morgan fingerprint density at radius 3 is 2.77 bits per heavy atom. The summed E-state index contributed by atoms with van der Waals surface area (Å²) in [6.45, 7) is 9.39. The molecule has 35 heavy (non-hydrogen) atoms. The van der Waals surface area contributed by atoms with E-state index in [1.54, 1.807) is 33.8 Å². The molecule has 1 aromatic carbocycles. The van der Waals surface area contributed by atoms with Crippen molar-refractivity contribution in [3.8, 4) is 17.3 Å². The number of aromatic nitrogens is 5. The van der Waals surface area contributed by atoms with E-state index in [4.69, 9.17) is 4.84 Å².